The summed E-state index contributed by atoms with van der Waals surface area (Å²) in [5.74, 6) is -0.769. The molecular weight excluding hydrogens is 290 g/mol. The Morgan fingerprint density at radius 3 is 2.13 bits per heavy atom. The van der Waals surface area contributed by atoms with E-state index < -0.39 is 0 Å². The Morgan fingerprint density at radius 1 is 0.870 bits per heavy atom. The topological polar surface area (TPSA) is 63.2 Å². The van der Waals surface area contributed by atoms with Gasteiger partial charge in [-0.15, -0.1) is 0 Å². The van der Waals surface area contributed by atoms with E-state index in [9.17, 15) is 14.4 Å². The van der Waals surface area contributed by atoms with Crippen LogP contribution in [-0.2, 0) is 4.79 Å². The summed E-state index contributed by atoms with van der Waals surface area (Å²) in [5, 5.41) is 2.69. The Labute approximate surface area is 133 Å². The second kappa shape index (κ2) is 5.65. The largest absolute Gasteiger partial charge is 0.322 e. The van der Waals surface area contributed by atoms with Gasteiger partial charge in [-0.1, -0.05) is 42.0 Å². The zero-order chi connectivity index (χ0) is 16.6. The first kappa shape index (κ1) is 14.9. The number of allylic oxidation sites excluding steroid dienone is 1. The lowest BCUT2D eigenvalue weighted by Crippen LogP contribution is -2.23. The molecular formula is C19H15NO3. The number of nitrogens with one attached hydrogen (secondary N) is 1. The molecule has 0 aromatic heterocycles. The van der Waals surface area contributed by atoms with E-state index in [-0.39, 0.29) is 23.0 Å². The molecule has 4 nitrogen and oxygen atoms in total. The normalized spacial score (nSPS) is 12.3. The molecule has 3 rings (SSSR count). The monoisotopic (exact) mass is 305 g/mol. The van der Waals surface area contributed by atoms with Crippen LogP contribution in [0.25, 0.3) is 0 Å². The van der Waals surface area contributed by atoms with Gasteiger partial charge in [-0.25, -0.2) is 0 Å². The van der Waals surface area contributed by atoms with E-state index in [1.807, 2.05) is 13.8 Å². The third kappa shape index (κ3) is 2.59. The summed E-state index contributed by atoms with van der Waals surface area (Å²) in [6, 6.07) is 11.6. The lowest BCUT2D eigenvalue weighted by molar-refractivity contribution is -0.111. The maximum Gasteiger partial charge on any atom is 0.248 e. The van der Waals surface area contributed by atoms with Crippen molar-refractivity contribution in [1.29, 1.82) is 0 Å². The summed E-state index contributed by atoms with van der Waals surface area (Å²) in [6.07, 6.45) is 1.45. The second-order valence-electron chi connectivity index (χ2n) is 5.64. The van der Waals surface area contributed by atoms with Crippen LogP contribution in [0.2, 0.25) is 0 Å². The molecule has 0 bridgehead atoms. The number of benzene rings is 2. The van der Waals surface area contributed by atoms with E-state index in [1.165, 1.54) is 6.08 Å². The molecule has 0 saturated carbocycles. The molecule has 1 aliphatic carbocycles. The third-order valence-corrected chi connectivity index (χ3v) is 3.63. The highest BCUT2D eigenvalue weighted by atomic mass is 16.2. The molecule has 0 saturated heterocycles. The molecule has 4 heteroatoms. The minimum absolute atomic E-state index is 0.200. The number of amides is 1. The summed E-state index contributed by atoms with van der Waals surface area (Å²) in [5.41, 5.74) is 2.56. The van der Waals surface area contributed by atoms with Crippen LogP contribution >= 0.6 is 0 Å². The number of hydrogen-bond donors (Lipinski definition) is 1. The summed E-state index contributed by atoms with van der Waals surface area (Å²) >= 11 is 0. The first-order chi connectivity index (χ1) is 11.0. The van der Waals surface area contributed by atoms with Crippen LogP contribution < -0.4 is 5.32 Å². The molecule has 0 spiro atoms. The average molecular weight is 305 g/mol. The number of fused-ring (bicyclic) bond motifs is 2. The van der Waals surface area contributed by atoms with Gasteiger partial charge >= 0.3 is 0 Å². The Morgan fingerprint density at radius 2 is 1.48 bits per heavy atom. The smallest absolute Gasteiger partial charge is 0.248 e. The van der Waals surface area contributed by atoms with Gasteiger partial charge in [-0.2, -0.15) is 0 Å². The van der Waals surface area contributed by atoms with Gasteiger partial charge < -0.3 is 5.32 Å². The van der Waals surface area contributed by atoms with Gasteiger partial charge in [-0.05, 0) is 19.9 Å². The van der Waals surface area contributed by atoms with Crippen LogP contribution in [0.5, 0.6) is 0 Å². The number of carbonyl (C=O) groups excluding carboxylic acids is 3. The predicted octanol–water partition coefficient (Wildman–Crippen LogP) is 3.37. The van der Waals surface area contributed by atoms with Gasteiger partial charge in [0.25, 0.3) is 0 Å². The summed E-state index contributed by atoms with van der Waals surface area (Å²) in [7, 11) is 0. The number of hydrogen-bond acceptors (Lipinski definition) is 3. The van der Waals surface area contributed by atoms with Crippen LogP contribution in [-0.4, -0.2) is 17.5 Å². The highest BCUT2D eigenvalue weighted by Gasteiger charge is 2.31. The van der Waals surface area contributed by atoms with Crippen LogP contribution in [0.4, 0.5) is 5.69 Å². The first-order valence-electron chi connectivity index (χ1n) is 7.26. The lowest BCUT2D eigenvalue weighted by atomic mass is 9.83. The number of anilines is 1. The highest BCUT2D eigenvalue weighted by Crippen LogP contribution is 2.31. The molecule has 0 unspecified atom stereocenters. The zero-order valence-electron chi connectivity index (χ0n) is 12.8. The number of carbonyl (C=O) groups is 3. The molecule has 23 heavy (non-hydrogen) atoms. The van der Waals surface area contributed by atoms with Crippen LogP contribution in [0.1, 0.15) is 45.7 Å². The van der Waals surface area contributed by atoms with Crippen LogP contribution in [0.3, 0.4) is 0 Å². The fourth-order valence-electron chi connectivity index (χ4n) is 2.68. The van der Waals surface area contributed by atoms with Gasteiger partial charge in [0.05, 0.1) is 11.3 Å². The van der Waals surface area contributed by atoms with Gasteiger partial charge in [0.1, 0.15) is 0 Å². The second-order valence-corrected chi connectivity index (χ2v) is 5.64. The van der Waals surface area contributed by atoms with Crippen molar-refractivity contribution in [2.45, 2.75) is 13.8 Å². The highest BCUT2D eigenvalue weighted by molar-refractivity contribution is 6.30. The molecule has 0 heterocycles. The van der Waals surface area contributed by atoms with Crippen molar-refractivity contribution in [3.05, 3.63) is 76.4 Å². The van der Waals surface area contributed by atoms with Crippen molar-refractivity contribution in [3.63, 3.8) is 0 Å². The van der Waals surface area contributed by atoms with Crippen molar-refractivity contribution in [2.24, 2.45) is 0 Å². The standard InChI is InChI=1S/C19H15NO3/c1-11(2)10-16(21)20-15-9-5-8-14-17(15)19(23)13-7-4-3-6-12(13)18(14)22/h3-10H,1-2H3,(H,20,21). The fourth-order valence-corrected chi connectivity index (χ4v) is 2.68. The van der Waals surface area contributed by atoms with E-state index in [0.717, 1.165) is 5.57 Å². The van der Waals surface area contributed by atoms with Crippen LogP contribution in [0.15, 0.2) is 54.1 Å². The van der Waals surface area contributed by atoms with E-state index in [0.29, 0.717) is 22.4 Å². The molecule has 0 aliphatic heterocycles. The number of rotatable bonds is 2. The van der Waals surface area contributed by atoms with Crippen molar-refractivity contribution < 1.29 is 14.4 Å². The molecule has 0 atom stereocenters. The number of ketones is 2. The van der Waals surface area contributed by atoms with Crippen LogP contribution in [0, 0.1) is 0 Å². The SMILES string of the molecule is CC(C)=CC(=O)Nc1cccc2c1C(=O)c1ccccc1C2=O. The predicted molar refractivity (Wildman–Crippen MR) is 87.8 cm³/mol. The molecule has 114 valence electrons. The van der Waals surface area contributed by atoms with Crippen molar-refractivity contribution >= 4 is 23.2 Å². The van der Waals surface area contributed by atoms with Gasteiger partial charge in [-0.3, -0.25) is 14.4 Å². The van der Waals surface area contributed by atoms with E-state index in [2.05, 4.69) is 5.32 Å². The lowest BCUT2D eigenvalue weighted by Gasteiger charge is -2.20. The molecule has 2 aromatic carbocycles. The quantitative estimate of drug-likeness (QED) is 0.738. The molecule has 0 radical (unpaired) electrons. The molecule has 0 fully saturated rings. The molecule has 1 aliphatic rings. The first-order valence-corrected chi connectivity index (χ1v) is 7.26. The minimum Gasteiger partial charge on any atom is -0.322 e. The molecule has 1 N–H and O–H groups in total. The van der Waals surface area contributed by atoms with Gasteiger partial charge in [0.2, 0.25) is 5.91 Å². The van der Waals surface area contributed by atoms with Gasteiger partial charge in [0, 0.05) is 22.8 Å². The average Bonchev–Trinajstić information content (AvgIpc) is 2.51. The van der Waals surface area contributed by atoms with Crippen molar-refractivity contribution in [2.75, 3.05) is 5.32 Å². The van der Waals surface area contributed by atoms with Gasteiger partial charge in [0.15, 0.2) is 11.6 Å². The maximum absolute atomic E-state index is 12.8. The Bertz CT molecular complexity index is 874. The Kier molecular flexibility index (Phi) is 3.66. The minimum atomic E-state index is -0.322. The van der Waals surface area contributed by atoms with E-state index >= 15 is 0 Å². The van der Waals surface area contributed by atoms with E-state index in [4.69, 9.17) is 0 Å². The summed E-state index contributed by atoms with van der Waals surface area (Å²) in [6.45, 7) is 3.62. The third-order valence-electron chi connectivity index (χ3n) is 3.63. The Balaban J connectivity index is 2.11. The van der Waals surface area contributed by atoms with E-state index in [1.54, 1.807) is 42.5 Å². The van der Waals surface area contributed by atoms with Crippen molar-refractivity contribution in [1.82, 2.24) is 0 Å². The molecule has 2 aromatic rings. The fraction of sp³-hybridized carbons (Fsp3) is 0.105. The van der Waals surface area contributed by atoms with Crippen molar-refractivity contribution in [3.8, 4) is 0 Å². The summed E-state index contributed by atoms with van der Waals surface area (Å²) < 4.78 is 0. The Hall–Kier alpha value is -3.01. The molecule has 1 amide bonds. The summed E-state index contributed by atoms with van der Waals surface area (Å²) in [4.78, 5) is 37.3. The zero-order valence-corrected chi connectivity index (χ0v) is 12.8. The maximum atomic E-state index is 12.8.